The Labute approximate surface area is 108 Å². The Kier molecular flexibility index (Phi) is 5.08. The molecular weight excluding hydrogens is 289 g/mol. The van der Waals surface area contributed by atoms with E-state index >= 15 is 0 Å². The molecule has 0 aromatic heterocycles. The van der Waals surface area contributed by atoms with Gasteiger partial charge in [-0.25, -0.2) is 4.39 Å². The second-order valence-corrected chi connectivity index (χ2v) is 4.84. The fourth-order valence-corrected chi connectivity index (χ4v) is 1.55. The molecule has 94 valence electrons. The summed E-state index contributed by atoms with van der Waals surface area (Å²) in [6.07, 6.45) is 0.00167. The molecule has 17 heavy (non-hydrogen) atoms. The lowest BCUT2D eigenvalue weighted by Crippen LogP contribution is -2.21. The van der Waals surface area contributed by atoms with Gasteiger partial charge in [-0.15, -0.1) is 0 Å². The molecule has 0 unspecified atom stereocenters. The number of amides is 1. The Bertz CT molecular complexity index is 421. The Hall–Kier alpha value is -0.940. The molecule has 1 N–H and O–H groups in total. The molecule has 3 nitrogen and oxygen atoms in total. The summed E-state index contributed by atoms with van der Waals surface area (Å²) >= 11 is 3.07. The largest absolute Gasteiger partial charge is 0.369 e. The zero-order chi connectivity index (χ0) is 13.0. The van der Waals surface area contributed by atoms with E-state index in [0.29, 0.717) is 15.7 Å². The number of carbonyl (C=O) groups is 1. The highest BCUT2D eigenvalue weighted by atomic mass is 79.9. The standard InChI is InChI=1S/C12H15BrFNO2/c1-7(2)17-6-12(16)15-11-5-9(13)10(14)4-8(11)3/h4-5,7H,6H2,1-3H3,(H,15,16). The van der Waals surface area contributed by atoms with Gasteiger partial charge >= 0.3 is 0 Å². The molecule has 0 bridgehead atoms. The molecule has 0 heterocycles. The van der Waals surface area contributed by atoms with Crippen molar-refractivity contribution >= 4 is 27.5 Å². The molecule has 5 heteroatoms. The first-order chi connectivity index (χ1) is 7.90. The Balaban J connectivity index is 2.68. The van der Waals surface area contributed by atoms with Gasteiger partial charge in [0.25, 0.3) is 0 Å². The van der Waals surface area contributed by atoms with Crippen LogP contribution in [0.25, 0.3) is 0 Å². The van der Waals surface area contributed by atoms with Crippen molar-refractivity contribution in [3.8, 4) is 0 Å². The molecule has 1 amide bonds. The van der Waals surface area contributed by atoms with Gasteiger partial charge in [-0.2, -0.15) is 0 Å². The van der Waals surface area contributed by atoms with Crippen molar-refractivity contribution in [2.45, 2.75) is 26.9 Å². The lowest BCUT2D eigenvalue weighted by molar-refractivity contribution is -0.121. The highest BCUT2D eigenvalue weighted by Crippen LogP contribution is 2.24. The topological polar surface area (TPSA) is 38.3 Å². The smallest absolute Gasteiger partial charge is 0.250 e. The monoisotopic (exact) mass is 303 g/mol. The van der Waals surface area contributed by atoms with Gasteiger partial charge in [0.15, 0.2) is 0 Å². The van der Waals surface area contributed by atoms with Crippen LogP contribution in [0.4, 0.5) is 10.1 Å². The molecule has 0 spiro atoms. The van der Waals surface area contributed by atoms with E-state index < -0.39 is 0 Å². The summed E-state index contributed by atoms with van der Waals surface area (Å²) in [5.74, 6) is -0.598. The van der Waals surface area contributed by atoms with E-state index in [9.17, 15) is 9.18 Å². The second-order valence-electron chi connectivity index (χ2n) is 3.99. The van der Waals surface area contributed by atoms with Crippen LogP contribution < -0.4 is 5.32 Å². The number of hydrogen-bond donors (Lipinski definition) is 1. The number of aryl methyl sites for hydroxylation is 1. The van der Waals surface area contributed by atoms with Crippen LogP contribution in [0.5, 0.6) is 0 Å². The summed E-state index contributed by atoms with van der Waals surface area (Å²) in [6, 6.07) is 2.90. The summed E-state index contributed by atoms with van der Waals surface area (Å²) in [5.41, 5.74) is 1.25. The third-order valence-corrected chi connectivity index (χ3v) is 2.70. The van der Waals surface area contributed by atoms with Crippen molar-refractivity contribution in [2.24, 2.45) is 0 Å². The second kappa shape index (κ2) is 6.12. The van der Waals surface area contributed by atoms with E-state index in [1.807, 2.05) is 13.8 Å². The van der Waals surface area contributed by atoms with Gasteiger partial charge in [-0.3, -0.25) is 4.79 Å². The fourth-order valence-electron chi connectivity index (χ4n) is 1.21. The number of halogens is 2. The average molecular weight is 304 g/mol. The molecular formula is C12H15BrFNO2. The number of ether oxygens (including phenoxy) is 1. The Morgan fingerprint density at radius 3 is 2.76 bits per heavy atom. The third-order valence-electron chi connectivity index (χ3n) is 2.09. The lowest BCUT2D eigenvalue weighted by atomic mass is 10.2. The molecule has 0 aliphatic rings. The first kappa shape index (κ1) is 14.1. The number of anilines is 1. The summed E-state index contributed by atoms with van der Waals surface area (Å²) in [6.45, 7) is 5.43. The number of rotatable bonds is 4. The third kappa shape index (κ3) is 4.44. The van der Waals surface area contributed by atoms with Crippen LogP contribution in [-0.2, 0) is 9.53 Å². The van der Waals surface area contributed by atoms with Crippen molar-refractivity contribution in [3.05, 3.63) is 28.0 Å². The van der Waals surface area contributed by atoms with Gasteiger partial charge < -0.3 is 10.1 Å². The van der Waals surface area contributed by atoms with Crippen LogP contribution in [0.3, 0.4) is 0 Å². The Morgan fingerprint density at radius 1 is 1.53 bits per heavy atom. The number of hydrogen-bond acceptors (Lipinski definition) is 2. The maximum atomic E-state index is 13.2. The average Bonchev–Trinajstić information content (AvgIpc) is 2.23. The van der Waals surface area contributed by atoms with Crippen molar-refractivity contribution < 1.29 is 13.9 Å². The van der Waals surface area contributed by atoms with E-state index in [1.165, 1.54) is 12.1 Å². The lowest BCUT2D eigenvalue weighted by Gasteiger charge is -2.11. The minimum absolute atomic E-state index is 0.00167. The molecule has 0 saturated carbocycles. The predicted molar refractivity (Wildman–Crippen MR) is 68.6 cm³/mol. The van der Waals surface area contributed by atoms with Crippen molar-refractivity contribution in [1.82, 2.24) is 0 Å². The molecule has 1 aromatic carbocycles. The predicted octanol–water partition coefficient (Wildman–Crippen LogP) is 3.26. The van der Waals surface area contributed by atoms with Gasteiger partial charge in [-0.05, 0) is 54.4 Å². The van der Waals surface area contributed by atoms with Crippen molar-refractivity contribution in [1.29, 1.82) is 0 Å². The molecule has 0 saturated heterocycles. The highest BCUT2D eigenvalue weighted by molar-refractivity contribution is 9.10. The number of benzene rings is 1. The van der Waals surface area contributed by atoms with Crippen LogP contribution in [-0.4, -0.2) is 18.6 Å². The summed E-state index contributed by atoms with van der Waals surface area (Å²) in [4.78, 5) is 11.5. The fraction of sp³-hybridized carbons (Fsp3) is 0.417. The zero-order valence-electron chi connectivity index (χ0n) is 10.0. The minimum atomic E-state index is -0.348. The summed E-state index contributed by atoms with van der Waals surface area (Å²) in [5, 5.41) is 2.67. The van der Waals surface area contributed by atoms with Crippen molar-refractivity contribution in [3.63, 3.8) is 0 Å². The molecule has 0 radical (unpaired) electrons. The van der Waals surface area contributed by atoms with Gasteiger partial charge in [0, 0.05) is 5.69 Å². The SMILES string of the molecule is Cc1cc(F)c(Br)cc1NC(=O)COC(C)C. The van der Waals surface area contributed by atoms with E-state index in [-0.39, 0.29) is 24.4 Å². The van der Waals surface area contributed by atoms with Crippen LogP contribution in [0, 0.1) is 12.7 Å². The first-order valence-corrected chi connectivity index (χ1v) is 6.06. The minimum Gasteiger partial charge on any atom is -0.369 e. The molecule has 0 atom stereocenters. The van der Waals surface area contributed by atoms with E-state index in [0.717, 1.165) is 0 Å². The van der Waals surface area contributed by atoms with E-state index in [4.69, 9.17) is 4.74 Å². The van der Waals surface area contributed by atoms with Crippen LogP contribution in [0.2, 0.25) is 0 Å². The number of carbonyl (C=O) groups excluding carboxylic acids is 1. The number of nitrogens with one attached hydrogen (secondary N) is 1. The highest BCUT2D eigenvalue weighted by Gasteiger charge is 2.09. The molecule has 0 aliphatic carbocycles. The Morgan fingerprint density at radius 2 is 2.18 bits per heavy atom. The zero-order valence-corrected chi connectivity index (χ0v) is 11.6. The quantitative estimate of drug-likeness (QED) is 0.927. The molecule has 0 fully saturated rings. The van der Waals surface area contributed by atoms with Crippen LogP contribution in [0.15, 0.2) is 16.6 Å². The van der Waals surface area contributed by atoms with Gasteiger partial charge in [0.1, 0.15) is 12.4 Å². The molecule has 0 aliphatic heterocycles. The van der Waals surface area contributed by atoms with Gasteiger partial charge in [0.2, 0.25) is 5.91 Å². The van der Waals surface area contributed by atoms with Crippen LogP contribution in [0.1, 0.15) is 19.4 Å². The molecule has 1 aromatic rings. The van der Waals surface area contributed by atoms with Crippen molar-refractivity contribution in [2.75, 3.05) is 11.9 Å². The van der Waals surface area contributed by atoms with Gasteiger partial charge in [-0.1, -0.05) is 0 Å². The van der Waals surface area contributed by atoms with E-state index in [2.05, 4.69) is 21.2 Å². The van der Waals surface area contributed by atoms with Gasteiger partial charge in [0.05, 0.1) is 10.6 Å². The maximum absolute atomic E-state index is 13.2. The summed E-state index contributed by atoms with van der Waals surface area (Å²) in [7, 11) is 0. The summed E-state index contributed by atoms with van der Waals surface area (Å²) < 4.78 is 18.7. The maximum Gasteiger partial charge on any atom is 0.250 e. The molecule has 1 rings (SSSR count). The van der Waals surface area contributed by atoms with E-state index in [1.54, 1.807) is 6.92 Å². The normalized spacial score (nSPS) is 10.7. The van der Waals surface area contributed by atoms with Crippen LogP contribution >= 0.6 is 15.9 Å². The first-order valence-electron chi connectivity index (χ1n) is 5.27.